The molecule has 2 atom stereocenters. The fraction of sp³-hybridized carbons (Fsp3) is 0.231. The number of hydrogen-bond donors (Lipinski definition) is 1. The lowest BCUT2D eigenvalue weighted by atomic mass is 10.1. The zero-order chi connectivity index (χ0) is 21.6. The van der Waals surface area contributed by atoms with Crippen molar-refractivity contribution in [1.29, 1.82) is 0 Å². The summed E-state index contributed by atoms with van der Waals surface area (Å²) in [6.45, 7) is 3.00. The smallest absolute Gasteiger partial charge is 0.322 e. The molecular formula is C26H27N3O2. The van der Waals surface area contributed by atoms with Crippen molar-refractivity contribution in [1.82, 2.24) is 10.2 Å². The number of likely N-dealkylation sites (tertiary alicyclic amines) is 1. The van der Waals surface area contributed by atoms with Gasteiger partial charge in [-0.1, -0.05) is 78.9 Å². The Morgan fingerprint density at radius 3 is 2.19 bits per heavy atom. The predicted molar refractivity (Wildman–Crippen MR) is 123 cm³/mol. The van der Waals surface area contributed by atoms with E-state index >= 15 is 0 Å². The van der Waals surface area contributed by atoms with Gasteiger partial charge in [-0.3, -0.25) is 9.69 Å². The molecule has 0 aromatic heterocycles. The number of carbonyl (C=O) groups excluding carboxylic acids is 2. The number of benzene rings is 3. The molecule has 1 aliphatic heterocycles. The van der Waals surface area contributed by atoms with Crippen LogP contribution in [0.1, 0.15) is 30.5 Å². The lowest BCUT2D eigenvalue weighted by Gasteiger charge is -2.27. The highest BCUT2D eigenvalue weighted by Crippen LogP contribution is 2.26. The SMILES string of the molecule is CC(c1ccccc1)N1CC(NC(=O)N(Cc2ccccc2)c2ccccc2)CC1=O. The van der Waals surface area contributed by atoms with E-state index in [4.69, 9.17) is 0 Å². The summed E-state index contributed by atoms with van der Waals surface area (Å²) in [6.07, 6.45) is 0.316. The van der Waals surface area contributed by atoms with E-state index < -0.39 is 0 Å². The van der Waals surface area contributed by atoms with Crippen molar-refractivity contribution in [3.8, 4) is 0 Å². The maximum atomic E-state index is 13.2. The highest BCUT2D eigenvalue weighted by Gasteiger charge is 2.34. The van der Waals surface area contributed by atoms with Crippen molar-refractivity contribution in [2.45, 2.75) is 32.0 Å². The average molecular weight is 414 g/mol. The van der Waals surface area contributed by atoms with Crippen LogP contribution in [0.4, 0.5) is 10.5 Å². The summed E-state index contributed by atoms with van der Waals surface area (Å²) in [5.74, 6) is 0.0657. The first kappa shape index (κ1) is 20.7. The number of nitrogens with zero attached hydrogens (tertiary/aromatic N) is 2. The molecule has 0 saturated carbocycles. The second kappa shape index (κ2) is 9.47. The van der Waals surface area contributed by atoms with Gasteiger partial charge in [0.15, 0.2) is 0 Å². The van der Waals surface area contributed by atoms with Gasteiger partial charge in [0.05, 0.1) is 18.6 Å². The van der Waals surface area contributed by atoms with Gasteiger partial charge in [0.25, 0.3) is 0 Å². The summed E-state index contributed by atoms with van der Waals surface area (Å²) in [7, 11) is 0. The summed E-state index contributed by atoms with van der Waals surface area (Å²) >= 11 is 0. The Morgan fingerprint density at radius 1 is 0.968 bits per heavy atom. The summed E-state index contributed by atoms with van der Waals surface area (Å²) < 4.78 is 0. The Labute approximate surface area is 183 Å². The molecule has 3 amide bonds. The largest absolute Gasteiger partial charge is 0.334 e. The van der Waals surface area contributed by atoms with E-state index in [0.29, 0.717) is 19.5 Å². The number of nitrogens with one attached hydrogen (secondary N) is 1. The normalized spacial score (nSPS) is 16.7. The van der Waals surface area contributed by atoms with Crippen LogP contribution in [0.3, 0.4) is 0 Å². The second-order valence-electron chi connectivity index (χ2n) is 7.89. The van der Waals surface area contributed by atoms with E-state index in [9.17, 15) is 9.59 Å². The van der Waals surface area contributed by atoms with Crippen molar-refractivity contribution in [3.05, 3.63) is 102 Å². The summed E-state index contributed by atoms with van der Waals surface area (Å²) in [5, 5.41) is 3.09. The number of carbonyl (C=O) groups is 2. The van der Waals surface area contributed by atoms with Gasteiger partial charge in [-0.2, -0.15) is 0 Å². The highest BCUT2D eigenvalue weighted by atomic mass is 16.2. The maximum Gasteiger partial charge on any atom is 0.322 e. The van der Waals surface area contributed by atoms with Gasteiger partial charge in [-0.15, -0.1) is 0 Å². The molecule has 158 valence electrons. The second-order valence-corrected chi connectivity index (χ2v) is 7.89. The van der Waals surface area contributed by atoms with Crippen LogP contribution in [0, 0.1) is 0 Å². The van der Waals surface area contributed by atoms with Crippen LogP contribution in [0.2, 0.25) is 0 Å². The number of anilines is 1. The highest BCUT2D eigenvalue weighted by molar-refractivity contribution is 5.93. The molecule has 5 nitrogen and oxygen atoms in total. The molecule has 3 aromatic rings. The summed E-state index contributed by atoms with van der Waals surface area (Å²) in [4.78, 5) is 29.5. The van der Waals surface area contributed by atoms with Crippen molar-refractivity contribution in [3.63, 3.8) is 0 Å². The van der Waals surface area contributed by atoms with Gasteiger partial charge < -0.3 is 10.2 Å². The van der Waals surface area contributed by atoms with Gasteiger partial charge >= 0.3 is 6.03 Å². The van der Waals surface area contributed by atoms with Crippen molar-refractivity contribution in [2.75, 3.05) is 11.4 Å². The third-order valence-corrected chi connectivity index (χ3v) is 5.73. The van der Waals surface area contributed by atoms with E-state index in [1.165, 1.54) is 0 Å². The molecule has 0 spiro atoms. The molecule has 1 saturated heterocycles. The zero-order valence-electron chi connectivity index (χ0n) is 17.6. The predicted octanol–water partition coefficient (Wildman–Crippen LogP) is 4.76. The minimum atomic E-state index is -0.215. The Balaban J connectivity index is 1.46. The molecule has 1 fully saturated rings. The number of rotatable bonds is 6. The van der Waals surface area contributed by atoms with E-state index in [1.807, 2.05) is 103 Å². The average Bonchev–Trinajstić information content (AvgIpc) is 3.18. The molecule has 5 heteroatoms. The fourth-order valence-electron chi connectivity index (χ4n) is 4.02. The minimum Gasteiger partial charge on any atom is -0.334 e. The maximum absolute atomic E-state index is 13.2. The molecule has 1 aliphatic rings. The number of urea groups is 1. The van der Waals surface area contributed by atoms with Gasteiger partial charge in [0.1, 0.15) is 0 Å². The first-order valence-corrected chi connectivity index (χ1v) is 10.6. The Kier molecular flexibility index (Phi) is 6.32. The number of amides is 3. The van der Waals surface area contributed by atoms with Crippen LogP contribution in [0.5, 0.6) is 0 Å². The Morgan fingerprint density at radius 2 is 1.55 bits per heavy atom. The lowest BCUT2D eigenvalue weighted by Crippen LogP contribution is -2.45. The monoisotopic (exact) mass is 413 g/mol. The molecule has 0 radical (unpaired) electrons. The van der Waals surface area contributed by atoms with Crippen LogP contribution >= 0.6 is 0 Å². The molecule has 0 aliphatic carbocycles. The standard InChI is InChI=1S/C26H27N3O2/c1-20(22-13-7-3-8-14-22)28-19-23(17-25(28)30)27-26(31)29(24-15-9-4-10-16-24)18-21-11-5-2-6-12-21/h2-16,20,23H,17-19H2,1H3,(H,27,31). The zero-order valence-corrected chi connectivity index (χ0v) is 17.6. The van der Waals surface area contributed by atoms with Gasteiger partial charge in [-0.25, -0.2) is 4.79 Å². The van der Waals surface area contributed by atoms with Crippen LogP contribution < -0.4 is 10.2 Å². The summed E-state index contributed by atoms with van der Waals surface area (Å²) in [6, 6.07) is 29.1. The number of para-hydroxylation sites is 1. The molecule has 3 aromatic carbocycles. The Hall–Kier alpha value is -3.60. The van der Waals surface area contributed by atoms with Crippen LogP contribution in [0.25, 0.3) is 0 Å². The van der Waals surface area contributed by atoms with E-state index in [1.54, 1.807) is 4.90 Å². The number of hydrogen-bond acceptors (Lipinski definition) is 2. The van der Waals surface area contributed by atoms with Crippen LogP contribution in [-0.4, -0.2) is 29.4 Å². The van der Waals surface area contributed by atoms with Crippen molar-refractivity contribution in [2.24, 2.45) is 0 Å². The van der Waals surface area contributed by atoms with Gasteiger partial charge in [0, 0.05) is 18.7 Å². The topological polar surface area (TPSA) is 52.7 Å². The summed E-state index contributed by atoms with van der Waals surface area (Å²) in [5.41, 5.74) is 2.96. The fourth-order valence-corrected chi connectivity index (χ4v) is 4.02. The quantitative estimate of drug-likeness (QED) is 0.633. The van der Waals surface area contributed by atoms with Crippen molar-refractivity contribution < 1.29 is 9.59 Å². The van der Waals surface area contributed by atoms with E-state index in [2.05, 4.69) is 5.32 Å². The van der Waals surface area contributed by atoms with Gasteiger partial charge in [-0.05, 0) is 30.2 Å². The third kappa shape index (κ3) is 4.94. The molecule has 1 heterocycles. The first-order valence-electron chi connectivity index (χ1n) is 10.6. The van der Waals surface area contributed by atoms with Crippen LogP contribution in [0.15, 0.2) is 91.0 Å². The van der Waals surface area contributed by atoms with Crippen molar-refractivity contribution >= 4 is 17.6 Å². The molecule has 0 bridgehead atoms. The molecule has 2 unspecified atom stereocenters. The van der Waals surface area contributed by atoms with Gasteiger partial charge in [0.2, 0.25) is 5.91 Å². The van der Waals surface area contributed by atoms with E-state index in [-0.39, 0.29) is 24.0 Å². The molecular weight excluding hydrogens is 386 g/mol. The lowest BCUT2D eigenvalue weighted by molar-refractivity contribution is -0.129. The molecule has 1 N–H and O–H groups in total. The minimum absolute atomic E-state index is 0.0230. The Bertz CT molecular complexity index is 1010. The first-order chi connectivity index (χ1) is 15.1. The third-order valence-electron chi connectivity index (χ3n) is 5.73. The van der Waals surface area contributed by atoms with Crippen LogP contribution in [-0.2, 0) is 11.3 Å². The molecule has 31 heavy (non-hydrogen) atoms. The van der Waals surface area contributed by atoms with E-state index in [0.717, 1.165) is 16.8 Å². The molecule has 4 rings (SSSR count).